The molecule has 4 rings (SSSR count). The SMILES string of the molecule is C[C@]12CC(=O)[C@@H]3[C@H](CC[C@H]4CC(=O)CC[C@@]43C)[C@H]1C[C@@H](O)C2. The van der Waals surface area contributed by atoms with Gasteiger partial charge in [-0.05, 0) is 60.7 Å². The zero-order valence-electron chi connectivity index (χ0n) is 13.8. The van der Waals surface area contributed by atoms with E-state index in [9.17, 15) is 14.7 Å². The van der Waals surface area contributed by atoms with Crippen molar-refractivity contribution >= 4 is 11.6 Å². The largest absolute Gasteiger partial charge is 0.393 e. The Kier molecular flexibility index (Phi) is 3.15. The summed E-state index contributed by atoms with van der Waals surface area (Å²) in [6, 6.07) is 0. The summed E-state index contributed by atoms with van der Waals surface area (Å²) in [5, 5.41) is 10.2. The average Bonchev–Trinajstić information content (AvgIpc) is 2.73. The van der Waals surface area contributed by atoms with Crippen molar-refractivity contribution in [2.24, 2.45) is 34.5 Å². The molecule has 3 heteroatoms. The first-order valence-electron chi connectivity index (χ1n) is 9.06. The fourth-order valence-electron chi connectivity index (χ4n) is 6.91. The summed E-state index contributed by atoms with van der Waals surface area (Å²) in [5.41, 5.74) is 0.0497. The normalized spacial score (nSPS) is 54.6. The van der Waals surface area contributed by atoms with E-state index >= 15 is 0 Å². The number of fused-ring (bicyclic) bond motifs is 5. The fourth-order valence-corrected chi connectivity index (χ4v) is 6.91. The molecule has 0 amide bonds. The van der Waals surface area contributed by atoms with Crippen LogP contribution in [-0.2, 0) is 9.59 Å². The van der Waals surface area contributed by atoms with Gasteiger partial charge in [0.1, 0.15) is 11.6 Å². The summed E-state index contributed by atoms with van der Waals surface area (Å²) in [5.74, 6) is 2.32. The Labute approximate surface area is 132 Å². The lowest BCUT2D eigenvalue weighted by Crippen LogP contribution is -2.56. The van der Waals surface area contributed by atoms with Gasteiger partial charge in [-0.15, -0.1) is 0 Å². The third kappa shape index (κ3) is 1.90. The topological polar surface area (TPSA) is 54.4 Å². The van der Waals surface area contributed by atoms with E-state index in [4.69, 9.17) is 0 Å². The summed E-state index contributed by atoms with van der Waals surface area (Å²) in [4.78, 5) is 24.9. The summed E-state index contributed by atoms with van der Waals surface area (Å²) < 4.78 is 0. The molecule has 0 radical (unpaired) electrons. The molecule has 0 aromatic carbocycles. The van der Waals surface area contributed by atoms with Gasteiger partial charge in [0.05, 0.1) is 6.10 Å². The zero-order chi connectivity index (χ0) is 15.7. The van der Waals surface area contributed by atoms with Crippen LogP contribution in [0.4, 0.5) is 0 Å². The summed E-state index contributed by atoms with van der Waals surface area (Å²) in [6.07, 6.45) is 6.53. The van der Waals surface area contributed by atoms with Crippen LogP contribution >= 0.6 is 0 Å². The molecule has 0 unspecified atom stereocenters. The maximum absolute atomic E-state index is 13.1. The molecule has 4 fully saturated rings. The second-order valence-corrected chi connectivity index (χ2v) is 9.16. The number of carbonyl (C=O) groups excluding carboxylic acids is 2. The van der Waals surface area contributed by atoms with Crippen molar-refractivity contribution in [1.29, 1.82) is 0 Å². The standard InChI is InChI=1S/C19H28O3/c1-18-9-13(21)8-15(18)14-4-3-11-7-12(20)5-6-19(11,2)17(14)16(22)10-18/h11,13-15,17,21H,3-10H2,1-2H3/t11-,13+,14+,15+,17-,18-,19-/m0/s1. The first-order valence-corrected chi connectivity index (χ1v) is 9.06. The predicted molar refractivity (Wildman–Crippen MR) is 83.1 cm³/mol. The lowest BCUT2D eigenvalue weighted by molar-refractivity contribution is -0.158. The van der Waals surface area contributed by atoms with Gasteiger partial charge in [-0.1, -0.05) is 13.8 Å². The van der Waals surface area contributed by atoms with Gasteiger partial charge in [-0.25, -0.2) is 0 Å². The Bertz CT molecular complexity index is 527. The summed E-state index contributed by atoms with van der Waals surface area (Å²) in [7, 11) is 0. The van der Waals surface area contributed by atoms with Crippen LogP contribution in [0, 0.1) is 34.5 Å². The number of carbonyl (C=O) groups is 2. The molecule has 0 spiro atoms. The Morgan fingerprint density at radius 3 is 2.73 bits per heavy atom. The average molecular weight is 304 g/mol. The molecule has 4 aliphatic rings. The Morgan fingerprint density at radius 1 is 1.18 bits per heavy atom. The van der Waals surface area contributed by atoms with Gasteiger partial charge in [0.2, 0.25) is 0 Å². The van der Waals surface area contributed by atoms with Crippen LogP contribution in [-0.4, -0.2) is 22.8 Å². The monoisotopic (exact) mass is 304 g/mol. The van der Waals surface area contributed by atoms with E-state index < -0.39 is 0 Å². The van der Waals surface area contributed by atoms with E-state index in [1.54, 1.807) is 0 Å². The van der Waals surface area contributed by atoms with Gasteiger partial charge in [0.25, 0.3) is 0 Å². The molecule has 4 aliphatic carbocycles. The smallest absolute Gasteiger partial charge is 0.137 e. The van der Waals surface area contributed by atoms with Gasteiger partial charge < -0.3 is 5.11 Å². The third-order valence-corrected chi connectivity index (χ3v) is 7.90. The minimum absolute atomic E-state index is 0.0192. The summed E-state index contributed by atoms with van der Waals surface area (Å²) >= 11 is 0. The number of ketones is 2. The quantitative estimate of drug-likeness (QED) is 0.748. The second kappa shape index (κ2) is 4.66. The summed E-state index contributed by atoms with van der Waals surface area (Å²) in [6.45, 7) is 4.51. The number of rotatable bonds is 0. The van der Waals surface area contributed by atoms with E-state index in [0.717, 1.165) is 32.1 Å². The zero-order valence-corrected chi connectivity index (χ0v) is 13.8. The van der Waals surface area contributed by atoms with Gasteiger partial charge in [0, 0.05) is 25.2 Å². The molecule has 122 valence electrons. The molecule has 1 N–H and O–H groups in total. The lowest BCUT2D eigenvalue weighted by atomic mass is 9.45. The maximum atomic E-state index is 13.1. The Morgan fingerprint density at radius 2 is 1.95 bits per heavy atom. The number of aliphatic hydroxyl groups is 1. The molecule has 22 heavy (non-hydrogen) atoms. The molecular formula is C19H28O3. The van der Waals surface area contributed by atoms with Gasteiger partial charge in [-0.2, -0.15) is 0 Å². The van der Waals surface area contributed by atoms with Crippen LogP contribution in [0.25, 0.3) is 0 Å². The highest BCUT2D eigenvalue weighted by atomic mass is 16.3. The van der Waals surface area contributed by atoms with Gasteiger partial charge >= 0.3 is 0 Å². The number of aliphatic hydroxyl groups excluding tert-OH is 1. The predicted octanol–water partition coefficient (Wildman–Crippen LogP) is 3.14. The van der Waals surface area contributed by atoms with Crippen molar-refractivity contribution in [3.8, 4) is 0 Å². The van der Waals surface area contributed by atoms with Crippen LogP contribution in [0.2, 0.25) is 0 Å². The number of hydrogen-bond acceptors (Lipinski definition) is 3. The van der Waals surface area contributed by atoms with Crippen LogP contribution in [0.1, 0.15) is 65.2 Å². The number of Topliss-reactive ketones (excluding diaryl/α,β-unsaturated/α-hetero) is 2. The molecule has 0 aliphatic heterocycles. The van der Waals surface area contributed by atoms with E-state index in [1.165, 1.54) is 0 Å². The van der Waals surface area contributed by atoms with E-state index in [1.807, 2.05) is 0 Å². The Hall–Kier alpha value is -0.700. The van der Waals surface area contributed by atoms with Crippen molar-refractivity contribution in [3.05, 3.63) is 0 Å². The molecule has 0 heterocycles. The van der Waals surface area contributed by atoms with Crippen molar-refractivity contribution in [2.45, 2.75) is 71.3 Å². The van der Waals surface area contributed by atoms with E-state index in [0.29, 0.717) is 48.6 Å². The van der Waals surface area contributed by atoms with Crippen LogP contribution in [0.5, 0.6) is 0 Å². The van der Waals surface area contributed by atoms with Gasteiger partial charge in [-0.3, -0.25) is 9.59 Å². The lowest BCUT2D eigenvalue weighted by Gasteiger charge is -2.58. The highest BCUT2D eigenvalue weighted by Gasteiger charge is 2.62. The van der Waals surface area contributed by atoms with Crippen molar-refractivity contribution < 1.29 is 14.7 Å². The van der Waals surface area contributed by atoms with Crippen LogP contribution in [0.15, 0.2) is 0 Å². The third-order valence-electron chi connectivity index (χ3n) is 7.90. The van der Waals surface area contributed by atoms with Crippen LogP contribution < -0.4 is 0 Å². The molecule has 0 saturated heterocycles. The molecule has 7 atom stereocenters. The molecule has 0 aromatic heterocycles. The number of hydrogen-bond donors (Lipinski definition) is 1. The first kappa shape index (κ1) is 14.9. The van der Waals surface area contributed by atoms with E-state index in [-0.39, 0.29) is 22.9 Å². The highest BCUT2D eigenvalue weighted by Crippen LogP contribution is 2.64. The fraction of sp³-hybridized carbons (Fsp3) is 0.895. The van der Waals surface area contributed by atoms with Crippen molar-refractivity contribution in [3.63, 3.8) is 0 Å². The second-order valence-electron chi connectivity index (χ2n) is 9.16. The minimum atomic E-state index is -0.222. The minimum Gasteiger partial charge on any atom is -0.393 e. The Balaban J connectivity index is 1.70. The molecule has 0 aromatic rings. The molecular weight excluding hydrogens is 276 g/mol. The van der Waals surface area contributed by atoms with Crippen molar-refractivity contribution in [1.82, 2.24) is 0 Å². The molecule has 4 saturated carbocycles. The maximum Gasteiger partial charge on any atom is 0.137 e. The van der Waals surface area contributed by atoms with Crippen molar-refractivity contribution in [2.75, 3.05) is 0 Å². The first-order chi connectivity index (χ1) is 10.3. The molecule has 0 bridgehead atoms. The van der Waals surface area contributed by atoms with E-state index in [2.05, 4.69) is 13.8 Å². The van der Waals surface area contributed by atoms with Gasteiger partial charge in [0.15, 0.2) is 0 Å². The highest BCUT2D eigenvalue weighted by molar-refractivity contribution is 5.85. The molecule has 3 nitrogen and oxygen atoms in total. The van der Waals surface area contributed by atoms with Crippen LogP contribution in [0.3, 0.4) is 0 Å².